The molecule has 1 unspecified atom stereocenters. The van der Waals surface area contributed by atoms with Crippen LogP contribution in [-0.2, 0) is 4.79 Å². The second-order valence-corrected chi connectivity index (χ2v) is 6.71. The van der Waals surface area contributed by atoms with Crippen LogP contribution in [0.4, 0.5) is 0 Å². The molecule has 3 fully saturated rings. The van der Waals surface area contributed by atoms with Crippen molar-refractivity contribution in [1.82, 2.24) is 20.0 Å². The number of nitrogens with zero attached hydrogens (tertiary/aromatic N) is 3. The van der Waals surface area contributed by atoms with Gasteiger partial charge in [0.2, 0.25) is 5.91 Å². The van der Waals surface area contributed by atoms with E-state index in [1.165, 1.54) is 12.8 Å². The molecule has 3 saturated heterocycles. The number of amides is 1. The number of hydrogen-bond acceptors (Lipinski definition) is 4. The molecule has 0 radical (unpaired) electrons. The molecule has 5 heteroatoms. The number of hydrogen-bond donors (Lipinski definition) is 1. The smallest absolute Gasteiger partial charge is 0.236 e. The molecular weight excluding hydrogens is 252 g/mol. The predicted molar refractivity (Wildman–Crippen MR) is 79.6 cm³/mol. The molecule has 0 bridgehead atoms. The van der Waals surface area contributed by atoms with Crippen molar-refractivity contribution >= 4 is 5.91 Å². The lowest BCUT2D eigenvalue weighted by molar-refractivity contribution is -0.134. The highest BCUT2D eigenvalue weighted by atomic mass is 16.2. The highest BCUT2D eigenvalue weighted by Gasteiger charge is 2.29. The minimum Gasteiger partial charge on any atom is -0.341 e. The third kappa shape index (κ3) is 3.32. The molecule has 0 aromatic carbocycles. The number of piperazine rings is 1. The molecule has 0 aromatic heterocycles. The van der Waals surface area contributed by atoms with Gasteiger partial charge in [0.15, 0.2) is 0 Å². The molecule has 1 atom stereocenters. The summed E-state index contributed by atoms with van der Waals surface area (Å²) in [6.45, 7) is 11.4. The van der Waals surface area contributed by atoms with E-state index in [0.29, 0.717) is 18.4 Å². The third-order valence-corrected chi connectivity index (χ3v) is 5.05. The normalized spacial score (nSPS) is 30.2. The molecule has 20 heavy (non-hydrogen) atoms. The average Bonchev–Trinajstić information content (AvgIpc) is 2.39. The van der Waals surface area contributed by atoms with Gasteiger partial charge in [-0.05, 0) is 18.8 Å². The van der Waals surface area contributed by atoms with Crippen molar-refractivity contribution in [3.63, 3.8) is 0 Å². The molecular formula is C15H28N4O. The summed E-state index contributed by atoms with van der Waals surface area (Å²) in [5, 5.41) is 3.33. The Morgan fingerprint density at radius 3 is 2.50 bits per heavy atom. The quantitative estimate of drug-likeness (QED) is 0.779. The van der Waals surface area contributed by atoms with Crippen LogP contribution in [0.5, 0.6) is 0 Å². The Balaban J connectivity index is 1.41. The van der Waals surface area contributed by atoms with Crippen molar-refractivity contribution < 1.29 is 4.79 Å². The van der Waals surface area contributed by atoms with Crippen molar-refractivity contribution in [2.75, 3.05) is 58.9 Å². The monoisotopic (exact) mass is 280 g/mol. The molecule has 0 aliphatic carbocycles. The summed E-state index contributed by atoms with van der Waals surface area (Å²) in [6.07, 6.45) is 2.45. The number of piperidine rings is 1. The first kappa shape index (κ1) is 14.3. The van der Waals surface area contributed by atoms with Crippen LogP contribution < -0.4 is 5.32 Å². The highest BCUT2D eigenvalue weighted by Crippen LogP contribution is 2.16. The van der Waals surface area contributed by atoms with Crippen LogP contribution in [0.15, 0.2) is 0 Å². The summed E-state index contributed by atoms with van der Waals surface area (Å²) in [5.41, 5.74) is 0. The molecule has 1 N–H and O–H groups in total. The fourth-order valence-corrected chi connectivity index (χ4v) is 3.53. The van der Waals surface area contributed by atoms with Gasteiger partial charge in [-0.15, -0.1) is 0 Å². The maximum absolute atomic E-state index is 12.4. The van der Waals surface area contributed by atoms with Gasteiger partial charge in [0.1, 0.15) is 0 Å². The molecule has 0 spiro atoms. The van der Waals surface area contributed by atoms with Crippen LogP contribution >= 0.6 is 0 Å². The van der Waals surface area contributed by atoms with Gasteiger partial charge in [-0.1, -0.05) is 6.92 Å². The summed E-state index contributed by atoms with van der Waals surface area (Å²) in [6, 6.07) is 0.746. The van der Waals surface area contributed by atoms with Gasteiger partial charge in [-0.2, -0.15) is 0 Å². The zero-order chi connectivity index (χ0) is 13.9. The third-order valence-electron chi connectivity index (χ3n) is 5.05. The number of likely N-dealkylation sites (tertiary alicyclic amines) is 1. The largest absolute Gasteiger partial charge is 0.341 e. The van der Waals surface area contributed by atoms with Crippen LogP contribution in [0.2, 0.25) is 0 Å². The Kier molecular flexibility index (Phi) is 4.58. The van der Waals surface area contributed by atoms with E-state index in [-0.39, 0.29) is 0 Å². The van der Waals surface area contributed by atoms with Gasteiger partial charge < -0.3 is 10.2 Å². The van der Waals surface area contributed by atoms with E-state index in [9.17, 15) is 4.79 Å². The van der Waals surface area contributed by atoms with Gasteiger partial charge >= 0.3 is 0 Å². The Labute approximate surface area is 122 Å². The van der Waals surface area contributed by atoms with E-state index >= 15 is 0 Å². The number of carbonyl (C=O) groups is 1. The minimum absolute atomic E-state index is 0.343. The van der Waals surface area contributed by atoms with Gasteiger partial charge in [-0.25, -0.2) is 0 Å². The molecule has 5 nitrogen and oxygen atoms in total. The fourth-order valence-electron chi connectivity index (χ4n) is 3.53. The van der Waals surface area contributed by atoms with E-state index in [1.807, 2.05) is 0 Å². The van der Waals surface area contributed by atoms with Gasteiger partial charge in [0.25, 0.3) is 0 Å². The van der Waals surface area contributed by atoms with E-state index < -0.39 is 0 Å². The second kappa shape index (κ2) is 6.41. The summed E-state index contributed by atoms with van der Waals surface area (Å²) in [4.78, 5) is 19.3. The minimum atomic E-state index is 0.343. The maximum atomic E-state index is 12.4. The zero-order valence-corrected chi connectivity index (χ0v) is 12.7. The first-order valence-electron chi connectivity index (χ1n) is 8.17. The molecule has 0 saturated carbocycles. The lowest BCUT2D eigenvalue weighted by atomic mass is 10.0. The Bertz CT molecular complexity index is 337. The average molecular weight is 280 g/mol. The van der Waals surface area contributed by atoms with Crippen molar-refractivity contribution in [2.45, 2.75) is 25.8 Å². The van der Waals surface area contributed by atoms with Crippen LogP contribution in [0.1, 0.15) is 19.8 Å². The fraction of sp³-hybridized carbons (Fsp3) is 0.933. The van der Waals surface area contributed by atoms with E-state index in [4.69, 9.17) is 0 Å². The molecule has 3 rings (SSSR count). The van der Waals surface area contributed by atoms with Crippen molar-refractivity contribution in [2.24, 2.45) is 5.92 Å². The molecule has 3 aliphatic heterocycles. The van der Waals surface area contributed by atoms with Crippen molar-refractivity contribution in [3.05, 3.63) is 0 Å². The highest BCUT2D eigenvalue weighted by molar-refractivity contribution is 5.78. The van der Waals surface area contributed by atoms with E-state index in [2.05, 4.69) is 26.9 Å². The Morgan fingerprint density at radius 1 is 1.15 bits per heavy atom. The van der Waals surface area contributed by atoms with Gasteiger partial charge in [0, 0.05) is 58.4 Å². The van der Waals surface area contributed by atoms with E-state index in [1.54, 1.807) is 0 Å². The lowest BCUT2D eigenvalue weighted by Gasteiger charge is -2.43. The molecule has 3 heterocycles. The first-order chi connectivity index (χ1) is 9.72. The number of nitrogens with one attached hydrogen (secondary N) is 1. The van der Waals surface area contributed by atoms with Crippen LogP contribution in [0, 0.1) is 5.92 Å². The molecule has 3 aliphatic rings. The topological polar surface area (TPSA) is 38.8 Å². The summed E-state index contributed by atoms with van der Waals surface area (Å²) in [5.74, 6) is 1.02. The second-order valence-electron chi connectivity index (χ2n) is 6.71. The zero-order valence-electron chi connectivity index (χ0n) is 12.7. The summed E-state index contributed by atoms with van der Waals surface area (Å²) in [7, 11) is 0. The van der Waals surface area contributed by atoms with E-state index in [0.717, 1.165) is 58.4 Å². The van der Waals surface area contributed by atoms with Crippen LogP contribution in [-0.4, -0.2) is 85.6 Å². The Morgan fingerprint density at radius 2 is 1.90 bits per heavy atom. The van der Waals surface area contributed by atoms with Gasteiger partial charge in [0.05, 0.1) is 6.54 Å². The summed E-state index contributed by atoms with van der Waals surface area (Å²) < 4.78 is 0. The first-order valence-corrected chi connectivity index (χ1v) is 8.17. The van der Waals surface area contributed by atoms with Crippen LogP contribution in [0.25, 0.3) is 0 Å². The SMILES string of the molecule is CC1CCCN(C(=O)CN2CCN(C3CNC3)CC2)C1. The molecule has 1 amide bonds. The predicted octanol–water partition coefficient (Wildman–Crippen LogP) is -0.166. The van der Waals surface area contributed by atoms with Crippen LogP contribution in [0.3, 0.4) is 0 Å². The Hall–Kier alpha value is -0.650. The number of carbonyl (C=O) groups excluding carboxylic acids is 1. The van der Waals surface area contributed by atoms with Crippen molar-refractivity contribution in [1.29, 1.82) is 0 Å². The summed E-state index contributed by atoms with van der Waals surface area (Å²) >= 11 is 0. The molecule has 0 aromatic rings. The number of rotatable bonds is 3. The lowest BCUT2D eigenvalue weighted by Crippen LogP contribution is -2.62. The standard InChI is InChI=1S/C15H28N4O/c1-13-3-2-4-19(11-13)15(20)12-17-5-7-18(8-6-17)14-9-16-10-14/h13-14,16H,2-12H2,1H3. The maximum Gasteiger partial charge on any atom is 0.236 e. The molecule has 114 valence electrons. The van der Waals surface area contributed by atoms with Gasteiger partial charge in [-0.3, -0.25) is 14.6 Å². The van der Waals surface area contributed by atoms with Crippen molar-refractivity contribution in [3.8, 4) is 0 Å².